The Balaban J connectivity index is 1.51. The number of hydrogen-bond donors (Lipinski definition) is 0. The van der Waals surface area contributed by atoms with Gasteiger partial charge in [0.1, 0.15) is 5.82 Å². The van der Waals surface area contributed by atoms with Crippen LogP contribution >= 0.6 is 0 Å². The Morgan fingerprint density at radius 1 is 1.09 bits per heavy atom. The van der Waals surface area contributed by atoms with Crippen molar-refractivity contribution in [2.24, 2.45) is 5.92 Å². The zero-order valence-corrected chi connectivity index (χ0v) is 18.7. The van der Waals surface area contributed by atoms with Crippen LogP contribution in [-0.2, 0) is 11.0 Å². The van der Waals surface area contributed by atoms with Gasteiger partial charge < -0.3 is 4.90 Å². The SMILES string of the molecule is CCC(=O)N(c1ccc(C(F)(F)F)cc1)c1ccc2nc(N3CC4CCC3C4)c(C)cc2c1. The zero-order valence-electron chi connectivity index (χ0n) is 18.7. The number of piperidine rings is 1. The van der Waals surface area contributed by atoms with Crippen LogP contribution in [0.2, 0.25) is 0 Å². The van der Waals surface area contributed by atoms with Crippen LogP contribution in [0.4, 0.5) is 30.4 Å². The number of carbonyl (C=O) groups is 1. The van der Waals surface area contributed by atoms with Crippen molar-refractivity contribution in [3.05, 3.63) is 59.7 Å². The first-order valence-corrected chi connectivity index (χ1v) is 11.4. The minimum atomic E-state index is -4.42. The number of anilines is 3. The largest absolute Gasteiger partial charge is 0.416 e. The van der Waals surface area contributed by atoms with E-state index in [4.69, 9.17) is 4.98 Å². The van der Waals surface area contributed by atoms with Crippen LogP contribution in [0.3, 0.4) is 0 Å². The number of pyridine rings is 1. The lowest BCUT2D eigenvalue weighted by Gasteiger charge is -2.29. The number of benzene rings is 2. The molecule has 2 fully saturated rings. The minimum Gasteiger partial charge on any atom is -0.353 e. The number of rotatable bonds is 4. The van der Waals surface area contributed by atoms with Crippen molar-refractivity contribution in [2.45, 2.75) is 51.7 Å². The second-order valence-electron chi connectivity index (χ2n) is 9.12. The molecule has 2 atom stereocenters. The molecule has 1 saturated carbocycles. The number of fused-ring (bicyclic) bond motifs is 3. The van der Waals surface area contributed by atoms with Crippen molar-refractivity contribution in [3.8, 4) is 0 Å². The van der Waals surface area contributed by atoms with E-state index in [2.05, 4.69) is 17.9 Å². The molecule has 2 unspecified atom stereocenters. The highest BCUT2D eigenvalue weighted by Gasteiger charge is 2.39. The van der Waals surface area contributed by atoms with Crippen molar-refractivity contribution >= 4 is 34.0 Å². The van der Waals surface area contributed by atoms with Crippen LogP contribution in [-0.4, -0.2) is 23.5 Å². The summed E-state index contributed by atoms with van der Waals surface area (Å²) in [5.41, 5.74) is 2.22. The molecule has 7 heteroatoms. The molecule has 1 aromatic heterocycles. The first kappa shape index (κ1) is 21.7. The summed E-state index contributed by atoms with van der Waals surface area (Å²) in [6, 6.07) is 13.0. The van der Waals surface area contributed by atoms with Crippen LogP contribution in [0.15, 0.2) is 48.5 Å². The van der Waals surface area contributed by atoms with Gasteiger partial charge >= 0.3 is 6.18 Å². The molecule has 0 spiro atoms. The lowest BCUT2D eigenvalue weighted by atomic mass is 10.1. The van der Waals surface area contributed by atoms with Gasteiger partial charge in [-0.15, -0.1) is 0 Å². The fraction of sp³-hybridized carbons (Fsp3) is 0.385. The average molecular weight is 454 g/mol. The molecule has 5 rings (SSSR count). The molecule has 1 amide bonds. The van der Waals surface area contributed by atoms with Crippen LogP contribution in [0.25, 0.3) is 10.9 Å². The van der Waals surface area contributed by atoms with E-state index in [-0.39, 0.29) is 12.3 Å². The highest BCUT2D eigenvalue weighted by molar-refractivity contribution is 6.02. The molecule has 1 saturated heterocycles. The molecule has 4 nitrogen and oxygen atoms in total. The van der Waals surface area contributed by atoms with Gasteiger partial charge in [0.25, 0.3) is 0 Å². The minimum absolute atomic E-state index is 0.191. The Kier molecular flexibility index (Phi) is 5.30. The first-order valence-electron chi connectivity index (χ1n) is 11.4. The number of halogens is 3. The Bertz CT molecular complexity index is 1210. The van der Waals surface area contributed by atoms with E-state index in [1.807, 2.05) is 18.2 Å². The monoisotopic (exact) mass is 453 g/mol. The molecule has 33 heavy (non-hydrogen) atoms. The quantitative estimate of drug-likeness (QED) is 0.445. The third-order valence-corrected chi connectivity index (χ3v) is 6.91. The molecule has 2 bridgehead atoms. The number of alkyl halides is 3. The summed E-state index contributed by atoms with van der Waals surface area (Å²) in [5.74, 6) is 1.61. The number of nitrogens with zero attached hydrogens (tertiary/aromatic N) is 3. The lowest BCUT2D eigenvalue weighted by molar-refractivity contribution is -0.137. The van der Waals surface area contributed by atoms with Gasteiger partial charge in [0.05, 0.1) is 11.1 Å². The van der Waals surface area contributed by atoms with Crippen molar-refractivity contribution < 1.29 is 18.0 Å². The topological polar surface area (TPSA) is 36.4 Å². The Morgan fingerprint density at radius 2 is 1.82 bits per heavy atom. The number of amides is 1. The molecule has 2 aromatic carbocycles. The van der Waals surface area contributed by atoms with Gasteiger partial charge in [0.15, 0.2) is 0 Å². The van der Waals surface area contributed by atoms with E-state index < -0.39 is 11.7 Å². The molecule has 2 heterocycles. The number of aromatic nitrogens is 1. The van der Waals surface area contributed by atoms with Gasteiger partial charge in [-0.1, -0.05) is 6.92 Å². The summed E-state index contributed by atoms with van der Waals surface area (Å²) in [7, 11) is 0. The number of hydrogen-bond acceptors (Lipinski definition) is 3. The Labute approximate surface area is 191 Å². The number of carbonyl (C=O) groups excluding carboxylic acids is 1. The summed E-state index contributed by atoms with van der Waals surface area (Å²) in [6.45, 7) is 4.86. The lowest BCUT2D eigenvalue weighted by Crippen LogP contribution is -2.33. The van der Waals surface area contributed by atoms with Crippen molar-refractivity contribution in [1.29, 1.82) is 0 Å². The second-order valence-corrected chi connectivity index (χ2v) is 9.12. The summed E-state index contributed by atoms with van der Waals surface area (Å²) >= 11 is 0. The second kappa shape index (κ2) is 8.04. The van der Waals surface area contributed by atoms with Crippen molar-refractivity contribution in [2.75, 3.05) is 16.3 Å². The van der Waals surface area contributed by atoms with Gasteiger partial charge in [0, 0.05) is 35.8 Å². The molecule has 172 valence electrons. The van der Waals surface area contributed by atoms with Crippen molar-refractivity contribution in [3.63, 3.8) is 0 Å². The van der Waals surface area contributed by atoms with Gasteiger partial charge in [-0.25, -0.2) is 4.98 Å². The molecular formula is C26H26F3N3O. The van der Waals surface area contributed by atoms with Crippen molar-refractivity contribution in [1.82, 2.24) is 4.98 Å². The zero-order chi connectivity index (χ0) is 23.3. The molecule has 1 aliphatic heterocycles. The first-order chi connectivity index (χ1) is 15.7. The van der Waals surface area contributed by atoms with Crippen LogP contribution in [0.5, 0.6) is 0 Å². The molecule has 1 aliphatic carbocycles. The number of aryl methyl sites for hydroxylation is 1. The fourth-order valence-corrected chi connectivity index (χ4v) is 5.27. The van der Waals surface area contributed by atoms with E-state index in [0.29, 0.717) is 17.4 Å². The summed E-state index contributed by atoms with van der Waals surface area (Å²) in [6.07, 6.45) is -0.407. The third kappa shape index (κ3) is 3.94. The normalized spacial score (nSPS) is 20.0. The highest BCUT2D eigenvalue weighted by atomic mass is 19.4. The van der Waals surface area contributed by atoms with Gasteiger partial charge in [-0.3, -0.25) is 9.69 Å². The predicted octanol–water partition coefficient (Wildman–Crippen LogP) is 6.63. The molecule has 3 aromatic rings. The van der Waals surface area contributed by atoms with Crippen LogP contribution in [0.1, 0.15) is 43.7 Å². The smallest absolute Gasteiger partial charge is 0.353 e. The summed E-state index contributed by atoms with van der Waals surface area (Å²) in [5, 5.41) is 0.902. The molecular weight excluding hydrogens is 427 g/mol. The van der Waals surface area contributed by atoms with Gasteiger partial charge in [0.2, 0.25) is 5.91 Å². The van der Waals surface area contributed by atoms with E-state index >= 15 is 0 Å². The maximum absolute atomic E-state index is 13.0. The van der Waals surface area contributed by atoms with Gasteiger partial charge in [-0.2, -0.15) is 13.2 Å². The van der Waals surface area contributed by atoms with Crippen LogP contribution < -0.4 is 9.80 Å². The van der Waals surface area contributed by atoms with E-state index in [0.717, 1.165) is 46.9 Å². The Hall–Kier alpha value is -3.09. The third-order valence-electron chi connectivity index (χ3n) is 6.91. The Morgan fingerprint density at radius 3 is 2.42 bits per heavy atom. The summed E-state index contributed by atoms with van der Waals surface area (Å²) < 4.78 is 39.0. The predicted molar refractivity (Wildman–Crippen MR) is 124 cm³/mol. The standard InChI is InChI=1S/C26H26F3N3O/c1-3-24(33)32(20-8-5-19(6-9-20)26(27,28)29)22-10-11-23-18(14-22)12-16(2)25(30-23)31-15-17-4-7-21(31)13-17/h5-6,8-12,14,17,21H,3-4,7,13,15H2,1-2H3. The van der Waals surface area contributed by atoms with Gasteiger partial charge in [-0.05, 0) is 86.2 Å². The fourth-order valence-electron chi connectivity index (χ4n) is 5.27. The maximum Gasteiger partial charge on any atom is 0.416 e. The van der Waals surface area contributed by atoms with E-state index in [1.54, 1.807) is 6.92 Å². The van der Waals surface area contributed by atoms with Crippen LogP contribution in [0, 0.1) is 12.8 Å². The highest BCUT2D eigenvalue weighted by Crippen LogP contribution is 2.41. The molecule has 0 N–H and O–H groups in total. The van der Waals surface area contributed by atoms with E-state index in [1.165, 1.54) is 36.3 Å². The average Bonchev–Trinajstić information content (AvgIpc) is 3.42. The molecule has 2 aliphatic rings. The summed E-state index contributed by atoms with van der Waals surface area (Å²) in [4.78, 5) is 21.6. The molecule has 0 radical (unpaired) electrons. The van der Waals surface area contributed by atoms with E-state index in [9.17, 15) is 18.0 Å². The maximum atomic E-state index is 13.0.